The van der Waals surface area contributed by atoms with E-state index in [2.05, 4.69) is 0 Å². The highest BCUT2D eigenvalue weighted by Crippen LogP contribution is 2.34. The second-order valence-electron chi connectivity index (χ2n) is 2.78. The molecule has 0 N–H and O–H groups in total. The first-order valence-electron chi connectivity index (χ1n) is 3.61. The number of halogens is 1. The summed E-state index contributed by atoms with van der Waals surface area (Å²) in [4.78, 5) is 12.7. The molecule has 0 aliphatic carbocycles. The minimum atomic E-state index is -3.95. The average molecular weight is 221 g/mol. The second kappa shape index (κ2) is 3.66. The molecule has 1 unspecified atom stereocenters. The Morgan fingerprint density at radius 1 is 1.46 bits per heavy atom. The molecule has 0 amide bonds. The molecule has 72 valence electrons. The SMILES string of the molecule is CN(C)c1cc[n+](P(=O)([O-])Cl)cc1. The van der Waals surface area contributed by atoms with Crippen LogP contribution in [-0.4, -0.2) is 14.1 Å². The molecule has 0 saturated carbocycles. The molecular formula is C7H10ClN2O2P. The van der Waals surface area contributed by atoms with E-state index >= 15 is 0 Å². The lowest BCUT2D eigenvalue weighted by molar-refractivity contribution is -0.553. The van der Waals surface area contributed by atoms with Gasteiger partial charge in [-0.1, -0.05) is 0 Å². The third kappa shape index (κ3) is 2.69. The van der Waals surface area contributed by atoms with Gasteiger partial charge < -0.3 is 9.79 Å². The maximum Gasteiger partial charge on any atom is 0.358 e. The summed E-state index contributed by atoms with van der Waals surface area (Å²) in [5, 5.41) is 0. The van der Waals surface area contributed by atoms with Crippen LogP contribution in [0.3, 0.4) is 0 Å². The van der Waals surface area contributed by atoms with Crippen LogP contribution in [0, 0.1) is 0 Å². The van der Waals surface area contributed by atoms with Crippen LogP contribution in [0.1, 0.15) is 0 Å². The van der Waals surface area contributed by atoms with Crippen LogP contribution < -0.4 is 14.1 Å². The van der Waals surface area contributed by atoms with Gasteiger partial charge in [0.25, 0.3) is 0 Å². The molecule has 0 radical (unpaired) electrons. The van der Waals surface area contributed by atoms with E-state index in [0.717, 1.165) is 10.0 Å². The van der Waals surface area contributed by atoms with Crippen LogP contribution >= 0.6 is 18.1 Å². The quantitative estimate of drug-likeness (QED) is 0.686. The van der Waals surface area contributed by atoms with E-state index in [4.69, 9.17) is 11.2 Å². The largest absolute Gasteiger partial charge is 0.733 e. The number of anilines is 1. The maximum atomic E-state index is 10.9. The molecule has 0 fully saturated rings. The predicted molar refractivity (Wildman–Crippen MR) is 49.8 cm³/mol. The van der Waals surface area contributed by atoms with Gasteiger partial charge in [0.2, 0.25) is 0 Å². The highest BCUT2D eigenvalue weighted by atomic mass is 35.7. The van der Waals surface area contributed by atoms with Gasteiger partial charge >= 0.3 is 6.87 Å². The lowest BCUT2D eigenvalue weighted by Gasteiger charge is -2.12. The molecule has 1 atom stereocenters. The number of aromatic nitrogens is 1. The van der Waals surface area contributed by atoms with Crippen molar-refractivity contribution in [2.24, 2.45) is 0 Å². The fourth-order valence-electron chi connectivity index (χ4n) is 0.868. The maximum absolute atomic E-state index is 10.9. The Morgan fingerprint density at radius 2 is 1.92 bits per heavy atom. The Kier molecular flexibility index (Phi) is 2.96. The van der Waals surface area contributed by atoms with E-state index < -0.39 is 6.87 Å². The van der Waals surface area contributed by atoms with E-state index in [1.807, 2.05) is 19.0 Å². The zero-order valence-corrected chi connectivity index (χ0v) is 9.00. The van der Waals surface area contributed by atoms with Crippen LogP contribution in [-0.2, 0) is 4.57 Å². The zero-order valence-electron chi connectivity index (χ0n) is 7.35. The monoisotopic (exact) mass is 220 g/mol. The van der Waals surface area contributed by atoms with E-state index in [9.17, 15) is 9.46 Å². The summed E-state index contributed by atoms with van der Waals surface area (Å²) in [6.45, 7) is -3.95. The Labute approximate surface area is 81.7 Å². The molecule has 13 heavy (non-hydrogen) atoms. The van der Waals surface area contributed by atoms with Gasteiger partial charge in [0.15, 0.2) is 12.4 Å². The summed E-state index contributed by atoms with van der Waals surface area (Å²) in [6.07, 6.45) is 2.83. The molecule has 4 nitrogen and oxygen atoms in total. The molecule has 0 aliphatic rings. The van der Waals surface area contributed by atoms with Gasteiger partial charge in [-0.05, 0) is 0 Å². The smallest absolute Gasteiger partial charge is 0.358 e. The van der Waals surface area contributed by atoms with Gasteiger partial charge in [0.05, 0.1) is 0 Å². The topological polar surface area (TPSA) is 47.2 Å². The summed E-state index contributed by atoms with van der Waals surface area (Å²) in [6, 6.07) is 3.35. The molecular weight excluding hydrogens is 211 g/mol. The molecule has 1 rings (SSSR count). The van der Waals surface area contributed by atoms with E-state index in [0.29, 0.717) is 0 Å². The van der Waals surface area contributed by atoms with Crippen molar-refractivity contribution in [3.05, 3.63) is 24.5 Å². The van der Waals surface area contributed by atoms with Crippen molar-refractivity contribution in [3.8, 4) is 0 Å². The van der Waals surface area contributed by atoms with E-state index in [1.165, 1.54) is 12.4 Å². The van der Waals surface area contributed by atoms with Crippen molar-refractivity contribution in [2.75, 3.05) is 19.0 Å². The van der Waals surface area contributed by atoms with E-state index in [1.54, 1.807) is 12.1 Å². The van der Waals surface area contributed by atoms with Gasteiger partial charge in [0.1, 0.15) is 0 Å². The van der Waals surface area contributed by atoms with Gasteiger partial charge in [-0.25, -0.2) is 4.57 Å². The van der Waals surface area contributed by atoms with Crippen LogP contribution in [0.5, 0.6) is 0 Å². The fraction of sp³-hybridized carbons (Fsp3) is 0.286. The van der Waals surface area contributed by atoms with Gasteiger partial charge in [-0.3, -0.25) is 0 Å². The normalized spacial score (nSPS) is 15.1. The Hall–Kier alpha value is -0.570. The minimum Gasteiger partial charge on any atom is -0.733 e. The Morgan fingerprint density at radius 3 is 2.23 bits per heavy atom. The van der Waals surface area contributed by atoms with Crippen LogP contribution in [0.4, 0.5) is 5.69 Å². The molecule has 0 saturated heterocycles. The highest BCUT2D eigenvalue weighted by molar-refractivity contribution is 7.77. The molecule has 1 aromatic heterocycles. The first-order chi connectivity index (χ1) is 5.91. The number of rotatable bonds is 2. The second-order valence-corrected chi connectivity index (χ2v) is 5.43. The third-order valence-electron chi connectivity index (χ3n) is 1.59. The molecule has 6 heteroatoms. The lowest BCUT2D eigenvalue weighted by Crippen LogP contribution is -2.33. The number of pyridine rings is 1. The summed E-state index contributed by atoms with van der Waals surface area (Å²) in [7, 11) is 3.74. The standard InChI is InChI=1S/C7H10ClN2O2P/c1-9(2)7-3-5-10(6-4-7)13(8,11)12/h3-6H,1-2H3. The molecule has 0 aromatic carbocycles. The first kappa shape index (κ1) is 10.5. The van der Waals surface area contributed by atoms with Crippen molar-refractivity contribution in [2.45, 2.75) is 0 Å². The lowest BCUT2D eigenvalue weighted by atomic mass is 10.4. The van der Waals surface area contributed by atoms with Crippen molar-refractivity contribution in [1.29, 1.82) is 0 Å². The minimum absolute atomic E-state index is 0.918. The zero-order chi connectivity index (χ0) is 10.1. The predicted octanol–water partition coefficient (Wildman–Crippen LogP) is 0.595. The summed E-state index contributed by atoms with van der Waals surface area (Å²) >= 11 is 5.14. The third-order valence-corrected chi connectivity index (χ3v) is 2.93. The number of hydrogen-bond acceptors (Lipinski definition) is 3. The molecule has 1 heterocycles. The molecule has 0 spiro atoms. The molecule has 0 bridgehead atoms. The van der Waals surface area contributed by atoms with Crippen molar-refractivity contribution >= 4 is 23.8 Å². The van der Waals surface area contributed by atoms with Gasteiger partial charge in [0, 0.05) is 43.2 Å². The summed E-state index contributed by atoms with van der Waals surface area (Å²) in [5.41, 5.74) is 0.918. The molecule has 1 aromatic rings. The number of hydrogen-bond donors (Lipinski definition) is 0. The summed E-state index contributed by atoms with van der Waals surface area (Å²) in [5.74, 6) is 0. The van der Waals surface area contributed by atoms with Crippen LogP contribution in [0.2, 0.25) is 0 Å². The van der Waals surface area contributed by atoms with Gasteiger partial charge in [-0.15, -0.1) is 0 Å². The van der Waals surface area contributed by atoms with Crippen molar-refractivity contribution < 1.29 is 13.8 Å². The highest BCUT2D eigenvalue weighted by Gasteiger charge is 2.14. The Bertz CT molecular complexity index is 333. The number of nitrogens with zero attached hydrogens (tertiary/aromatic N) is 2. The first-order valence-corrected chi connectivity index (χ1v) is 6.10. The van der Waals surface area contributed by atoms with Crippen molar-refractivity contribution in [1.82, 2.24) is 0 Å². The van der Waals surface area contributed by atoms with Crippen LogP contribution in [0.15, 0.2) is 24.5 Å². The van der Waals surface area contributed by atoms with E-state index in [-0.39, 0.29) is 0 Å². The molecule has 0 aliphatic heterocycles. The van der Waals surface area contributed by atoms with Gasteiger partial charge in [-0.2, -0.15) is 4.34 Å². The summed E-state index contributed by atoms with van der Waals surface area (Å²) < 4.78 is 11.8. The van der Waals surface area contributed by atoms with Crippen molar-refractivity contribution in [3.63, 3.8) is 0 Å². The van der Waals surface area contributed by atoms with Crippen LogP contribution in [0.25, 0.3) is 0 Å². The average Bonchev–Trinajstić information content (AvgIpc) is 2.03. The Balaban J connectivity index is 3.01. The fourth-order valence-corrected chi connectivity index (χ4v) is 1.62.